The number of carbonyl (C=O) groups excluding carboxylic acids is 2. The molecule has 0 radical (unpaired) electrons. The van der Waals surface area contributed by atoms with E-state index in [4.69, 9.17) is 13.9 Å². The van der Waals surface area contributed by atoms with Crippen molar-refractivity contribution in [2.45, 2.75) is 6.61 Å². The van der Waals surface area contributed by atoms with Gasteiger partial charge in [-0.15, -0.1) is 0 Å². The van der Waals surface area contributed by atoms with Crippen molar-refractivity contribution in [2.75, 3.05) is 13.7 Å². The molecule has 118 valence electrons. The Labute approximate surface area is 132 Å². The molecule has 0 fully saturated rings. The van der Waals surface area contributed by atoms with Crippen LogP contribution in [0.2, 0.25) is 0 Å². The van der Waals surface area contributed by atoms with Gasteiger partial charge in [-0.1, -0.05) is 18.2 Å². The van der Waals surface area contributed by atoms with Crippen LogP contribution >= 0.6 is 0 Å². The Morgan fingerprint density at radius 2 is 1.96 bits per heavy atom. The van der Waals surface area contributed by atoms with Crippen molar-refractivity contribution >= 4 is 18.0 Å². The maximum Gasteiger partial charge on any atom is 0.373 e. The summed E-state index contributed by atoms with van der Waals surface area (Å²) >= 11 is 0. The van der Waals surface area contributed by atoms with Gasteiger partial charge in [0, 0.05) is 5.56 Å². The zero-order valence-corrected chi connectivity index (χ0v) is 12.4. The fourth-order valence-corrected chi connectivity index (χ4v) is 2.13. The van der Waals surface area contributed by atoms with Gasteiger partial charge in [-0.2, -0.15) is 0 Å². The van der Waals surface area contributed by atoms with E-state index < -0.39 is 11.9 Å². The number of hydrogen-bond donors (Lipinski definition) is 0. The first-order valence-electron chi connectivity index (χ1n) is 6.94. The molecule has 0 atom stereocenters. The van der Waals surface area contributed by atoms with Crippen molar-refractivity contribution < 1.29 is 28.2 Å². The second kappa shape index (κ2) is 6.39. The number of carbonyl (C=O) groups is 2. The Bertz CT molecular complexity index is 771. The third-order valence-corrected chi connectivity index (χ3v) is 3.29. The standard InChI is InChI=1S/C17H14O6/c1-20-17(19)15-7-6-13(23-15)10-22-16(18)12-8-11-4-2-3-5-14(11)21-9-12/h2-8H,9-10H2,1H3. The van der Waals surface area contributed by atoms with Crippen LogP contribution < -0.4 is 4.74 Å². The molecule has 3 rings (SSSR count). The summed E-state index contributed by atoms with van der Waals surface area (Å²) in [5.41, 5.74) is 1.25. The maximum atomic E-state index is 12.1. The van der Waals surface area contributed by atoms with Gasteiger partial charge in [0.15, 0.2) is 0 Å². The van der Waals surface area contributed by atoms with E-state index in [1.807, 2.05) is 24.3 Å². The second-order valence-corrected chi connectivity index (χ2v) is 4.83. The van der Waals surface area contributed by atoms with Gasteiger partial charge < -0.3 is 18.6 Å². The van der Waals surface area contributed by atoms with Gasteiger partial charge in [-0.25, -0.2) is 9.59 Å². The van der Waals surface area contributed by atoms with Crippen molar-refractivity contribution in [2.24, 2.45) is 0 Å². The van der Waals surface area contributed by atoms with Gasteiger partial charge in [-0.3, -0.25) is 0 Å². The zero-order valence-electron chi connectivity index (χ0n) is 12.4. The molecule has 0 amide bonds. The molecule has 1 aromatic carbocycles. The van der Waals surface area contributed by atoms with E-state index in [0.29, 0.717) is 11.3 Å². The molecule has 0 bridgehead atoms. The van der Waals surface area contributed by atoms with Crippen LogP contribution in [-0.4, -0.2) is 25.7 Å². The van der Waals surface area contributed by atoms with E-state index >= 15 is 0 Å². The van der Waals surface area contributed by atoms with Crippen LogP contribution in [0.1, 0.15) is 21.9 Å². The van der Waals surface area contributed by atoms with Gasteiger partial charge in [0.2, 0.25) is 5.76 Å². The minimum absolute atomic E-state index is 0.0627. The molecule has 1 aromatic heterocycles. The molecule has 0 N–H and O–H groups in total. The fourth-order valence-electron chi connectivity index (χ4n) is 2.13. The second-order valence-electron chi connectivity index (χ2n) is 4.83. The number of ether oxygens (including phenoxy) is 3. The summed E-state index contributed by atoms with van der Waals surface area (Å²) in [5.74, 6) is 0.0834. The van der Waals surface area contributed by atoms with Crippen LogP contribution in [0.5, 0.6) is 5.75 Å². The van der Waals surface area contributed by atoms with Crippen LogP contribution in [-0.2, 0) is 20.9 Å². The number of methoxy groups -OCH3 is 1. The number of esters is 2. The van der Waals surface area contributed by atoms with Crippen LogP contribution in [0, 0.1) is 0 Å². The first-order chi connectivity index (χ1) is 11.2. The zero-order chi connectivity index (χ0) is 16.2. The smallest absolute Gasteiger partial charge is 0.373 e. The van der Waals surface area contributed by atoms with Gasteiger partial charge in [0.05, 0.1) is 12.7 Å². The molecule has 0 unspecified atom stereocenters. The van der Waals surface area contributed by atoms with Gasteiger partial charge in [-0.05, 0) is 24.3 Å². The Morgan fingerprint density at radius 3 is 2.78 bits per heavy atom. The molecule has 0 saturated heterocycles. The molecule has 2 heterocycles. The summed E-state index contributed by atoms with van der Waals surface area (Å²) in [7, 11) is 1.26. The highest BCUT2D eigenvalue weighted by Gasteiger charge is 2.19. The highest BCUT2D eigenvalue weighted by atomic mass is 16.6. The number of furan rings is 1. The van der Waals surface area contributed by atoms with Gasteiger partial charge in [0.25, 0.3) is 0 Å². The Kier molecular flexibility index (Phi) is 4.14. The predicted molar refractivity (Wildman–Crippen MR) is 79.8 cm³/mol. The summed E-state index contributed by atoms with van der Waals surface area (Å²) in [5, 5.41) is 0. The average molecular weight is 314 g/mol. The largest absolute Gasteiger partial charge is 0.488 e. The molecular weight excluding hydrogens is 300 g/mol. The number of fused-ring (bicyclic) bond motifs is 1. The molecule has 0 aliphatic carbocycles. The third kappa shape index (κ3) is 3.26. The topological polar surface area (TPSA) is 75.0 Å². The summed E-state index contributed by atoms with van der Waals surface area (Å²) in [6, 6.07) is 10.5. The number of para-hydroxylation sites is 1. The number of benzene rings is 1. The number of rotatable bonds is 4. The van der Waals surface area contributed by atoms with E-state index in [0.717, 1.165) is 11.3 Å². The summed E-state index contributed by atoms with van der Waals surface area (Å²) in [6.07, 6.45) is 1.74. The van der Waals surface area contributed by atoms with Crippen molar-refractivity contribution in [1.82, 2.24) is 0 Å². The lowest BCUT2D eigenvalue weighted by Gasteiger charge is -2.16. The Balaban J connectivity index is 1.63. The molecule has 1 aliphatic heterocycles. The lowest BCUT2D eigenvalue weighted by atomic mass is 10.1. The van der Waals surface area contributed by atoms with Crippen molar-refractivity contribution in [1.29, 1.82) is 0 Å². The molecule has 0 spiro atoms. The predicted octanol–water partition coefficient (Wildman–Crippen LogP) is 2.59. The highest BCUT2D eigenvalue weighted by molar-refractivity contribution is 5.95. The average Bonchev–Trinajstić information content (AvgIpc) is 3.07. The molecule has 0 saturated carbocycles. The van der Waals surface area contributed by atoms with Crippen molar-refractivity contribution in [3.63, 3.8) is 0 Å². The summed E-state index contributed by atoms with van der Waals surface area (Å²) < 4.78 is 20.4. The van der Waals surface area contributed by atoms with Crippen LogP contribution in [0.25, 0.3) is 6.08 Å². The lowest BCUT2D eigenvalue weighted by molar-refractivity contribution is -0.141. The molecule has 23 heavy (non-hydrogen) atoms. The first kappa shape index (κ1) is 14.9. The summed E-state index contributed by atoms with van der Waals surface area (Å²) in [6.45, 7) is 0.0796. The van der Waals surface area contributed by atoms with Crippen LogP contribution in [0.3, 0.4) is 0 Å². The van der Waals surface area contributed by atoms with E-state index in [-0.39, 0.29) is 19.0 Å². The van der Waals surface area contributed by atoms with Gasteiger partial charge >= 0.3 is 11.9 Å². The number of hydrogen-bond acceptors (Lipinski definition) is 6. The molecule has 6 heteroatoms. The SMILES string of the molecule is COC(=O)c1ccc(COC(=O)C2=Cc3ccccc3OC2)o1. The van der Waals surface area contributed by atoms with Gasteiger partial charge in [0.1, 0.15) is 24.7 Å². The lowest BCUT2D eigenvalue weighted by Crippen LogP contribution is -2.17. The first-order valence-corrected chi connectivity index (χ1v) is 6.94. The molecule has 6 nitrogen and oxygen atoms in total. The molecular formula is C17H14O6. The summed E-state index contributed by atoms with van der Waals surface area (Å²) in [4.78, 5) is 23.4. The van der Waals surface area contributed by atoms with E-state index in [1.165, 1.54) is 13.2 Å². The van der Waals surface area contributed by atoms with Crippen LogP contribution in [0.4, 0.5) is 0 Å². The van der Waals surface area contributed by atoms with E-state index in [2.05, 4.69) is 4.74 Å². The Hall–Kier alpha value is -3.02. The Morgan fingerprint density at radius 1 is 1.13 bits per heavy atom. The van der Waals surface area contributed by atoms with Crippen LogP contribution in [0.15, 0.2) is 46.4 Å². The molecule has 2 aromatic rings. The van der Waals surface area contributed by atoms with E-state index in [1.54, 1.807) is 12.1 Å². The third-order valence-electron chi connectivity index (χ3n) is 3.29. The minimum atomic E-state index is -0.581. The monoisotopic (exact) mass is 314 g/mol. The minimum Gasteiger partial charge on any atom is -0.488 e. The maximum absolute atomic E-state index is 12.1. The van der Waals surface area contributed by atoms with Crippen molar-refractivity contribution in [3.8, 4) is 5.75 Å². The fraction of sp³-hybridized carbons (Fsp3) is 0.176. The van der Waals surface area contributed by atoms with E-state index in [9.17, 15) is 9.59 Å². The van der Waals surface area contributed by atoms with Crippen molar-refractivity contribution in [3.05, 3.63) is 59.1 Å². The normalized spacial score (nSPS) is 12.7. The quantitative estimate of drug-likeness (QED) is 0.808. The molecule has 1 aliphatic rings. The highest BCUT2D eigenvalue weighted by Crippen LogP contribution is 2.26.